The highest BCUT2D eigenvalue weighted by molar-refractivity contribution is 7.15. The average Bonchev–Trinajstić information content (AvgIpc) is 3.07. The number of anilines is 1. The summed E-state index contributed by atoms with van der Waals surface area (Å²) in [4.78, 5) is 21.2. The highest BCUT2D eigenvalue weighted by atomic mass is 32.1. The van der Waals surface area contributed by atoms with Crippen LogP contribution in [0.15, 0.2) is 11.4 Å². The number of likely N-dealkylation sites (tertiary alicyclic amines) is 1. The summed E-state index contributed by atoms with van der Waals surface area (Å²) in [6.07, 6.45) is 3.91. The van der Waals surface area contributed by atoms with Gasteiger partial charge in [-0.3, -0.25) is 15.0 Å². The second-order valence-electron chi connectivity index (χ2n) is 5.78. The van der Waals surface area contributed by atoms with E-state index in [4.69, 9.17) is 0 Å². The van der Waals surface area contributed by atoms with Crippen molar-refractivity contribution in [3.63, 3.8) is 0 Å². The van der Waals surface area contributed by atoms with E-state index in [-0.39, 0.29) is 5.91 Å². The number of thiazole rings is 1. The zero-order chi connectivity index (χ0) is 15.5. The number of amides is 1. The van der Waals surface area contributed by atoms with Gasteiger partial charge in [-0.15, -0.1) is 22.7 Å². The topological polar surface area (TPSA) is 45.2 Å². The first-order chi connectivity index (χ1) is 10.6. The van der Waals surface area contributed by atoms with Crippen LogP contribution in [0, 0.1) is 13.8 Å². The molecule has 0 bridgehead atoms. The van der Waals surface area contributed by atoms with Gasteiger partial charge in [-0.05, 0) is 51.4 Å². The van der Waals surface area contributed by atoms with Crippen LogP contribution in [-0.4, -0.2) is 28.9 Å². The monoisotopic (exact) mass is 335 g/mol. The van der Waals surface area contributed by atoms with E-state index >= 15 is 0 Å². The quantitative estimate of drug-likeness (QED) is 0.916. The molecule has 0 aromatic carbocycles. The van der Waals surface area contributed by atoms with Gasteiger partial charge in [0.1, 0.15) is 0 Å². The Balaban J connectivity index is 1.60. The standard InChI is InChI=1S/C16H21N3OS2/c1-11-8-14(22-12(11)2)15(20)18-16-17-13(10-21-16)9-19-6-4-3-5-7-19/h8,10H,3-7,9H2,1-2H3,(H,17,18,20). The minimum atomic E-state index is -0.0555. The predicted molar refractivity (Wildman–Crippen MR) is 93.0 cm³/mol. The third-order valence-corrected chi connectivity index (χ3v) is 5.95. The lowest BCUT2D eigenvalue weighted by molar-refractivity contribution is 0.103. The molecule has 2 aromatic rings. The summed E-state index contributed by atoms with van der Waals surface area (Å²) >= 11 is 3.04. The van der Waals surface area contributed by atoms with E-state index in [2.05, 4.69) is 20.6 Å². The smallest absolute Gasteiger partial charge is 0.267 e. The molecule has 1 saturated heterocycles. The van der Waals surface area contributed by atoms with Gasteiger partial charge >= 0.3 is 0 Å². The fraction of sp³-hybridized carbons (Fsp3) is 0.500. The van der Waals surface area contributed by atoms with Crippen LogP contribution in [0.25, 0.3) is 0 Å². The summed E-state index contributed by atoms with van der Waals surface area (Å²) in [5.74, 6) is -0.0555. The number of carbonyl (C=O) groups excluding carboxylic acids is 1. The molecule has 1 fully saturated rings. The molecule has 3 heterocycles. The first-order valence-electron chi connectivity index (χ1n) is 7.67. The minimum absolute atomic E-state index is 0.0555. The first-order valence-corrected chi connectivity index (χ1v) is 9.36. The fourth-order valence-corrected chi connectivity index (χ4v) is 4.25. The number of nitrogens with zero attached hydrogens (tertiary/aromatic N) is 2. The van der Waals surface area contributed by atoms with Gasteiger partial charge in [-0.25, -0.2) is 4.98 Å². The molecule has 1 N–H and O–H groups in total. The Labute approximate surface area is 139 Å². The van der Waals surface area contributed by atoms with Crippen molar-refractivity contribution < 1.29 is 4.79 Å². The van der Waals surface area contributed by atoms with Crippen molar-refractivity contribution in [1.82, 2.24) is 9.88 Å². The van der Waals surface area contributed by atoms with Gasteiger partial charge in [-0.1, -0.05) is 6.42 Å². The van der Waals surface area contributed by atoms with Crippen molar-refractivity contribution in [2.75, 3.05) is 18.4 Å². The number of hydrogen-bond acceptors (Lipinski definition) is 5. The normalized spacial score (nSPS) is 15.9. The maximum atomic E-state index is 12.2. The molecule has 0 saturated carbocycles. The fourth-order valence-electron chi connectivity index (χ4n) is 2.63. The van der Waals surface area contributed by atoms with Crippen molar-refractivity contribution in [3.05, 3.63) is 32.5 Å². The minimum Gasteiger partial charge on any atom is -0.297 e. The first kappa shape index (κ1) is 15.6. The van der Waals surface area contributed by atoms with Crippen LogP contribution in [0.2, 0.25) is 0 Å². The zero-order valence-corrected chi connectivity index (χ0v) is 14.6. The molecule has 6 heteroatoms. The number of piperidine rings is 1. The van der Waals surface area contributed by atoms with Crippen LogP contribution >= 0.6 is 22.7 Å². The molecule has 0 atom stereocenters. The van der Waals surface area contributed by atoms with E-state index in [0.717, 1.165) is 30.2 Å². The van der Waals surface area contributed by atoms with Crippen molar-refractivity contribution in [3.8, 4) is 0 Å². The van der Waals surface area contributed by atoms with Gasteiger partial charge in [0.05, 0.1) is 10.6 Å². The molecular formula is C16H21N3OS2. The molecule has 1 aliphatic heterocycles. The van der Waals surface area contributed by atoms with E-state index in [9.17, 15) is 4.79 Å². The van der Waals surface area contributed by atoms with Crippen molar-refractivity contribution in [2.45, 2.75) is 39.7 Å². The van der Waals surface area contributed by atoms with Gasteiger partial charge in [0, 0.05) is 16.8 Å². The molecule has 0 aliphatic carbocycles. The second kappa shape index (κ2) is 6.89. The van der Waals surface area contributed by atoms with E-state index in [1.165, 1.54) is 52.4 Å². The molecule has 0 spiro atoms. The maximum absolute atomic E-state index is 12.2. The van der Waals surface area contributed by atoms with Crippen LogP contribution in [-0.2, 0) is 6.54 Å². The van der Waals surface area contributed by atoms with Gasteiger partial charge < -0.3 is 0 Å². The third-order valence-electron chi connectivity index (χ3n) is 4.00. The van der Waals surface area contributed by atoms with Crippen molar-refractivity contribution >= 4 is 33.7 Å². The summed E-state index contributed by atoms with van der Waals surface area (Å²) in [6, 6.07) is 1.94. The largest absolute Gasteiger partial charge is 0.297 e. The highest BCUT2D eigenvalue weighted by Gasteiger charge is 2.15. The molecule has 2 aromatic heterocycles. The molecule has 0 unspecified atom stereocenters. The maximum Gasteiger partial charge on any atom is 0.267 e. The lowest BCUT2D eigenvalue weighted by atomic mass is 10.1. The zero-order valence-electron chi connectivity index (χ0n) is 13.0. The third kappa shape index (κ3) is 3.74. The van der Waals surface area contributed by atoms with Gasteiger partial charge in [0.25, 0.3) is 5.91 Å². The summed E-state index contributed by atoms with van der Waals surface area (Å²) < 4.78 is 0. The van der Waals surface area contributed by atoms with Crippen LogP contribution < -0.4 is 5.32 Å². The Morgan fingerprint density at radius 3 is 2.77 bits per heavy atom. The van der Waals surface area contributed by atoms with Crippen LogP contribution in [0.1, 0.15) is 45.1 Å². The predicted octanol–water partition coefficient (Wildman–Crippen LogP) is 4.06. The highest BCUT2D eigenvalue weighted by Crippen LogP contribution is 2.23. The number of rotatable bonds is 4. The number of nitrogens with one attached hydrogen (secondary N) is 1. The van der Waals surface area contributed by atoms with Crippen molar-refractivity contribution in [2.24, 2.45) is 0 Å². The summed E-state index contributed by atoms with van der Waals surface area (Å²) in [5.41, 5.74) is 2.22. The number of aryl methyl sites for hydroxylation is 2. The molecule has 1 aliphatic rings. The SMILES string of the molecule is Cc1cc(C(=O)Nc2nc(CN3CCCCC3)cs2)sc1C. The summed E-state index contributed by atoms with van der Waals surface area (Å²) in [7, 11) is 0. The Morgan fingerprint density at radius 2 is 2.09 bits per heavy atom. The van der Waals surface area contributed by atoms with E-state index < -0.39 is 0 Å². The number of hydrogen-bond donors (Lipinski definition) is 1. The number of thiophene rings is 1. The Hall–Kier alpha value is -1.24. The van der Waals surface area contributed by atoms with Crippen LogP contribution in [0.4, 0.5) is 5.13 Å². The summed E-state index contributed by atoms with van der Waals surface area (Å²) in [5, 5.41) is 5.66. The van der Waals surface area contributed by atoms with Crippen LogP contribution in [0.5, 0.6) is 0 Å². The Kier molecular flexibility index (Phi) is 4.90. The van der Waals surface area contributed by atoms with E-state index in [0.29, 0.717) is 5.13 Å². The van der Waals surface area contributed by atoms with E-state index in [1.807, 2.05) is 19.9 Å². The number of carbonyl (C=O) groups is 1. The molecule has 22 heavy (non-hydrogen) atoms. The van der Waals surface area contributed by atoms with E-state index in [1.54, 1.807) is 0 Å². The van der Waals surface area contributed by atoms with Crippen molar-refractivity contribution in [1.29, 1.82) is 0 Å². The second-order valence-corrected chi connectivity index (χ2v) is 7.90. The van der Waals surface area contributed by atoms with Gasteiger partial charge in [-0.2, -0.15) is 0 Å². The molecule has 118 valence electrons. The van der Waals surface area contributed by atoms with Gasteiger partial charge in [0.15, 0.2) is 5.13 Å². The summed E-state index contributed by atoms with van der Waals surface area (Å²) in [6.45, 7) is 7.28. The molecule has 0 radical (unpaired) electrons. The Morgan fingerprint density at radius 1 is 1.32 bits per heavy atom. The molecule has 1 amide bonds. The van der Waals surface area contributed by atoms with Crippen LogP contribution in [0.3, 0.4) is 0 Å². The molecule has 4 nitrogen and oxygen atoms in total. The van der Waals surface area contributed by atoms with Gasteiger partial charge in [0.2, 0.25) is 0 Å². The lowest BCUT2D eigenvalue weighted by Gasteiger charge is -2.25. The molecule has 3 rings (SSSR count). The Bertz CT molecular complexity index is 637. The number of aromatic nitrogens is 1. The average molecular weight is 335 g/mol. The lowest BCUT2D eigenvalue weighted by Crippen LogP contribution is -2.29. The molecular weight excluding hydrogens is 314 g/mol.